The minimum Gasteiger partial charge on any atom is -0.454 e. The lowest BCUT2D eigenvalue weighted by Crippen LogP contribution is -2.46. The third-order valence-electron chi connectivity index (χ3n) is 4.62. The van der Waals surface area contributed by atoms with E-state index in [4.69, 9.17) is 9.47 Å². The van der Waals surface area contributed by atoms with E-state index in [9.17, 15) is 9.59 Å². The Bertz CT molecular complexity index is 953. The van der Waals surface area contributed by atoms with Gasteiger partial charge < -0.3 is 25.4 Å². The molecule has 0 unspecified atom stereocenters. The van der Waals surface area contributed by atoms with Crippen LogP contribution in [0.3, 0.4) is 0 Å². The first-order chi connectivity index (χ1) is 13.0. The molecule has 4 rings (SSSR count). The maximum Gasteiger partial charge on any atom is 0.319 e. The first kappa shape index (κ1) is 17.0. The second-order valence-corrected chi connectivity index (χ2v) is 6.45. The lowest BCUT2D eigenvalue weighted by Gasteiger charge is -2.29. The zero-order chi connectivity index (χ0) is 19.0. The predicted molar refractivity (Wildman–Crippen MR) is 99.5 cm³/mol. The van der Waals surface area contributed by atoms with Gasteiger partial charge in [0.05, 0.1) is 11.6 Å². The van der Waals surface area contributed by atoms with Crippen molar-refractivity contribution in [1.29, 1.82) is 0 Å². The fourth-order valence-electron chi connectivity index (χ4n) is 3.32. The Kier molecular flexibility index (Phi) is 4.19. The van der Waals surface area contributed by atoms with Crippen molar-refractivity contribution in [2.24, 2.45) is 0 Å². The van der Waals surface area contributed by atoms with Crippen molar-refractivity contribution in [3.63, 3.8) is 0 Å². The Morgan fingerprint density at radius 3 is 2.56 bits per heavy atom. The van der Waals surface area contributed by atoms with E-state index in [0.29, 0.717) is 28.5 Å². The molecule has 3 amide bonds. The Balaban J connectivity index is 1.73. The van der Waals surface area contributed by atoms with E-state index >= 15 is 0 Å². The molecule has 0 aromatic heterocycles. The maximum absolute atomic E-state index is 13.0. The summed E-state index contributed by atoms with van der Waals surface area (Å²) in [6.45, 7) is 3.79. The van der Waals surface area contributed by atoms with Gasteiger partial charge in [0.2, 0.25) is 6.79 Å². The van der Waals surface area contributed by atoms with Gasteiger partial charge in [-0.25, -0.2) is 4.79 Å². The minimum absolute atomic E-state index is 0.160. The lowest BCUT2D eigenvalue weighted by molar-refractivity contribution is -0.113. The number of nitrogens with one attached hydrogen (secondary N) is 3. The van der Waals surface area contributed by atoms with Crippen LogP contribution < -0.4 is 25.4 Å². The van der Waals surface area contributed by atoms with Gasteiger partial charge in [-0.3, -0.25) is 4.79 Å². The zero-order valence-corrected chi connectivity index (χ0v) is 15.0. The number of carbonyl (C=O) groups excluding carboxylic acids is 2. The summed E-state index contributed by atoms with van der Waals surface area (Å²) >= 11 is 0. The van der Waals surface area contributed by atoms with Crippen molar-refractivity contribution in [3.05, 3.63) is 64.9 Å². The molecule has 3 N–H and O–H groups in total. The molecule has 2 heterocycles. The van der Waals surface area contributed by atoms with Gasteiger partial charge in [-0.2, -0.15) is 0 Å². The Labute approximate surface area is 156 Å². The van der Waals surface area contributed by atoms with Crippen LogP contribution in [0.15, 0.2) is 53.7 Å². The number of ether oxygens (including phenoxy) is 2. The van der Waals surface area contributed by atoms with E-state index in [1.807, 2.05) is 49.4 Å². The van der Waals surface area contributed by atoms with Crippen LogP contribution in [-0.2, 0) is 4.79 Å². The number of hydrogen-bond donors (Lipinski definition) is 3. The van der Waals surface area contributed by atoms with Crippen molar-refractivity contribution < 1.29 is 19.1 Å². The van der Waals surface area contributed by atoms with Crippen molar-refractivity contribution in [2.75, 3.05) is 12.1 Å². The van der Waals surface area contributed by atoms with Gasteiger partial charge in [0.15, 0.2) is 11.5 Å². The summed E-state index contributed by atoms with van der Waals surface area (Å²) in [5, 5.41) is 8.41. The van der Waals surface area contributed by atoms with Crippen LogP contribution in [0.25, 0.3) is 0 Å². The number of amides is 3. The van der Waals surface area contributed by atoms with Gasteiger partial charge in [0.1, 0.15) is 0 Å². The fourth-order valence-corrected chi connectivity index (χ4v) is 3.32. The van der Waals surface area contributed by atoms with E-state index in [0.717, 1.165) is 11.1 Å². The van der Waals surface area contributed by atoms with Gasteiger partial charge in [-0.15, -0.1) is 0 Å². The number of fused-ring (bicyclic) bond motifs is 1. The Morgan fingerprint density at radius 2 is 1.81 bits per heavy atom. The summed E-state index contributed by atoms with van der Waals surface area (Å²) in [5.41, 5.74) is 3.31. The van der Waals surface area contributed by atoms with Gasteiger partial charge in [-0.1, -0.05) is 18.2 Å². The minimum atomic E-state index is -0.600. The number of allylic oxidation sites excluding steroid dienone is 1. The largest absolute Gasteiger partial charge is 0.454 e. The molecule has 2 aromatic carbocycles. The molecule has 7 heteroatoms. The molecule has 2 aliphatic heterocycles. The maximum atomic E-state index is 13.0. The van der Waals surface area contributed by atoms with Crippen LogP contribution in [0.1, 0.15) is 24.1 Å². The third-order valence-corrected chi connectivity index (χ3v) is 4.62. The summed E-state index contributed by atoms with van der Waals surface area (Å²) < 4.78 is 10.9. The number of anilines is 1. The second kappa shape index (κ2) is 6.68. The smallest absolute Gasteiger partial charge is 0.319 e. The number of rotatable bonds is 3. The lowest BCUT2D eigenvalue weighted by atomic mass is 9.91. The van der Waals surface area contributed by atoms with Crippen LogP contribution in [0.2, 0.25) is 0 Å². The van der Waals surface area contributed by atoms with Crippen LogP contribution in [0, 0.1) is 6.92 Å². The molecule has 0 saturated carbocycles. The van der Waals surface area contributed by atoms with Crippen molar-refractivity contribution >= 4 is 17.6 Å². The standard InChI is InChI=1S/C20H19N3O4/c1-11-8-15-16(27-10-26-15)9-14(11)18-17(12(2)21-20(25)23-18)19(24)22-13-6-4-3-5-7-13/h3-9,18H,10H2,1-2H3,(H,22,24)(H2,21,23,25)/t18-/m1/s1. The quantitative estimate of drug-likeness (QED) is 0.780. The van der Waals surface area contributed by atoms with Crippen LogP contribution in [0.5, 0.6) is 11.5 Å². The second-order valence-electron chi connectivity index (χ2n) is 6.45. The van der Waals surface area contributed by atoms with Gasteiger partial charge >= 0.3 is 6.03 Å². The fraction of sp³-hybridized carbons (Fsp3) is 0.200. The van der Waals surface area contributed by atoms with Gasteiger partial charge in [-0.05, 0) is 49.2 Å². The number of urea groups is 1. The average Bonchev–Trinajstić information content (AvgIpc) is 3.08. The number of para-hydroxylation sites is 1. The van der Waals surface area contributed by atoms with E-state index in [2.05, 4.69) is 16.0 Å². The van der Waals surface area contributed by atoms with Gasteiger partial charge in [0, 0.05) is 11.4 Å². The molecule has 0 spiro atoms. The van der Waals surface area contributed by atoms with E-state index in [-0.39, 0.29) is 18.7 Å². The molecular formula is C20H19N3O4. The van der Waals surface area contributed by atoms with Crippen LogP contribution >= 0.6 is 0 Å². The predicted octanol–water partition coefficient (Wildman–Crippen LogP) is 2.99. The first-order valence-corrected chi connectivity index (χ1v) is 8.58. The molecule has 2 aromatic rings. The van der Waals surface area contributed by atoms with Crippen LogP contribution in [0.4, 0.5) is 10.5 Å². The highest BCUT2D eigenvalue weighted by Crippen LogP contribution is 2.39. The molecule has 7 nitrogen and oxygen atoms in total. The zero-order valence-electron chi connectivity index (χ0n) is 15.0. The van der Waals surface area contributed by atoms with Crippen LogP contribution in [-0.4, -0.2) is 18.7 Å². The van der Waals surface area contributed by atoms with E-state index < -0.39 is 6.04 Å². The Morgan fingerprint density at radius 1 is 1.11 bits per heavy atom. The average molecular weight is 365 g/mol. The summed E-state index contributed by atoms with van der Waals surface area (Å²) in [6, 6.07) is 11.9. The molecule has 0 bridgehead atoms. The number of hydrogen-bond acceptors (Lipinski definition) is 4. The molecule has 0 aliphatic carbocycles. The Hall–Kier alpha value is -3.48. The molecule has 1 atom stereocenters. The highest BCUT2D eigenvalue weighted by Gasteiger charge is 2.33. The third kappa shape index (κ3) is 3.19. The van der Waals surface area contributed by atoms with Crippen molar-refractivity contribution in [3.8, 4) is 11.5 Å². The summed E-state index contributed by atoms with van der Waals surface area (Å²) in [7, 11) is 0. The summed E-state index contributed by atoms with van der Waals surface area (Å²) in [5.74, 6) is 0.976. The highest BCUT2D eigenvalue weighted by molar-refractivity contribution is 6.06. The molecule has 2 aliphatic rings. The molecule has 27 heavy (non-hydrogen) atoms. The topological polar surface area (TPSA) is 88.7 Å². The van der Waals surface area contributed by atoms with Crippen molar-refractivity contribution in [1.82, 2.24) is 10.6 Å². The molecule has 0 radical (unpaired) electrons. The van der Waals surface area contributed by atoms with Gasteiger partial charge in [0.25, 0.3) is 5.91 Å². The summed E-state index contributed by atoms with van der Waals surface area (Å²) in [6.07, 6.45) is 0. The number of carbonyl (C=O) groups is 2. The molecule has 0 saturated heterocycles. The monoisotopic (exact) mass is 365 g/mol. The normalized spacial score (nSPS) is 18.0. The van der Waals surface area contributed by atoms with E-state index in [1.165, 1.54) is 0 Å². The summed E-state index contributed by atoms with van der Waals surface area (Å²) in [4.78, 5) is 25.1. The molecule has 0 fully saturated rings. The number of aryl methyl sites for hydroxylation is 1. The highest BCUT2D eigenvalue weighted by atomic mass is 16.7. The SMILES string of the molecule is CC1=C(C(=O)Nc2ccccc2)[C@@H](c2cc3c(cc2C)OCO3)NC(=O)N1. The van der Waals surface area contributed by atoms with E-state index in [1.54, 1.807) is 6.92 Å². The van der Waals surface area contributed by atoms with Crippen molar-refractivity contribution in [2.45, 2.75) is 19.9 Å². The molecule has 138 valence electrons. The first-order valence-electron chi connectivity index (χ1n) is 8.58. The number of benzene rings is 2. The molecular weight excluding hydrogens is 346 g/mol.